The molecule has 0 atom stereocenters. The Morgan fingerprint density at radius 2 is 2.08 bits per heavy atom. The number of carbonyl (C=O) groups excluding carboxylic acids is 1. The minimum atomic E-state index is -0.0229. The van der Waals surface area contributed by atoms with E-state index in [9.17, 15) is 4.79 Å². The number of nitrogens with zero attached hydrogens (tertiary/aromatic N) is 4. The zero-order chi connectivity index (χ0) is 17.1. The number of aryl methyl sites for hydroxylation is 1. The molecule has 0 aliphatic rings. The van der Waals surface area contributed by atoms with Crippen molar-refractivity contribution in [1.82, 2.24) is 15.0 Å². The Kier molecular flexibility index (Phi) is 4.96. The van der Waals surface area contributed by atoms with E-state index in [1.165, 1.54) is 23.1 Å². The van der Waals surface area contributed by atoms with E-state index in [-0.39, 0.29) is 11.7 Å². The van der Waals surface area contributed by atoms with Crippen LogP contribution in [-0.2, 0) is 4.79 Å². The number of hydrogen-bond acceptors (Lipinski definition) is 7. The average Bonchev–Trinajstić information content (AvgIpc) is 2.96. The molecule has 3 rings (SSSR count). The van der Waals surface area contributed by atoms with Crippen LogP contribution in [0.3, 0.4) is 0 Å². The number of thiazole rings is 1. The number of thioether (sulfide) groups is 1. The molecule has 0 bridgehead atoms. The van der Waals surface area contributed by atoms with E-state index in [1.807, 2.05) is 38.1 Å². The third kappa shape index (κ3) is 3.65. The molecule has 6 nitrogen and oxygen atoms in total. The van der Waals surface area contributed by atoms with Crippen LogP contribution in [0.2, 0.25) is 0 Å². The smallest absolute Gasteiger partial charge is 0.239 e. The van der Waals surface area contributed by atoms with Crippen molar-refractivity contribution >= 4 is 50.2 Å². The largest absolute Gasteiger partial charge is 0.384 e. The minimum Gasteiger partial charge on any atom is -0.384 e. The summed E-state index contributed by atoms with van der Waals surface area (Å²) in [6.07, 6.45) is 0. The van der Waals surface area contributed by atoms with Gasteiger partial charge in [-0.25, -0.2) is 15.0 Å². The molecule has 124 valence electrons. The van der Waals surface area contributed by atoms with Gasteiger partial charge in [0.15, 0.2) is 10.3 Å². The maximum absolute atomic E-state index is 12.6. The Morgan fingerprint density at radius 1 is 1.29 bits per heavy atom. The van der Waals surface area contributed by atoms with Gasteiger partial charge in [-0.2, -0.15) is 0 Å². The van der Waals surface area contributed by atoms with Gasteiger partial charge >= 0.3 is 0 Å². The molecule has 0 aliphatic heterocycles. The second kappa shape index (κ2) is 7.14. The molecule has 2 heterocycles. The number of hydrogen-bond donors (Lipinski definition) is 1. The number of aromatic nitrogens is 3. The molecule has 0 saturated carbocycles. The fraction of sp³-hybridized carbons (Fsp3) is 0.250. The number of fused-ring (bicyclic) bond motifs is 1. The summed E-state index contributed by atoms with van der Waals surface area (Å²) in [6, 6.07) is 9.57. The molecule has 24 heavy (non-hydrogen) atoms. The van der Waals surface area contributed by atoms with Crippen LogP contribution in [0.25, 0.3) is 10.2 Å². The zero-order valence-corrected chi connectivity index (χ0v) is 15.0. The summed E-state index contributed by atoms with van der Waals surface area (Å²) < 4.78 is 1.07. The SMILES string of the molecule is CCN(C(=O)CSc1nc(C)cc(N)n1)c1nc2ccccc2s1. The van der Waals surface area contributed by atoms with E-state index in [1.54, 1.807) is 11.0 Å². The van der Waals surface area contributed by atoms with Crippen LogP contribution < -0.4 is 10.6 Å². The molecule has 0 unspecified atom stereocenters. The molecule has 0 saturated heterocycles. The first-order chi connectivity index (χ1) is 11.6. The Morgan fingerprint density at radius 3 is 2.79 bits per heavy atom. The van der Waals surface area contributed by atoms with E-state index < -0.39 is 0 Å². The first-order valence-electron chi connectivity index (χ1n) is 7.46. The van der Waals surface area contributed by atoms with Gasteiger partial charge in [0, 0.05) is 18.3 Å². The van der Waals surface area contributed by atoms with Crippen molar-refractivity contribution in [3.63, 3.8) is 0 Å². The minimum absolute atomic E-state index is 0.0229. The zero-order valence-electron chi connectivity index (χ0n) is 13.4. The van der Waals surface area contributed by atoms with E-state index >= 15 is 0 Å². The second-order valence-corrected chi connectivity index (χ2v) is 7.06. The first kappa shape index (κ1) is 16.7. The second-order valence-electron chi connectivity index (χ2n) is 5.11. The quantitative estimate of drug-likeness (QED) is 0.556. The van der Waals surface area contributed by atoms with E-state index in [0.717, 1.165) is 15.9 Å². The van der Waals surface area contributed by atoms with Crippen molar-refractivity contribution in [3.05, 3.63) is 36.0 Å². The lowest BCUT2D eigenvalue weighted by Gasteiger charge is -2.17. The molecule has 1 aromatic carbocycles. The first-order valence-corrected chi connectivity index (χ1v) is 9.27. The van der Waals surface area contributed by atoms with Crippen LogP contribution in [0.15, 0.2) is 35.5 Å². The molecule has 0 fully saturated rings. The van der Waals surface area contributed by atoms with Gasteiger partial charge in [-0.05, 0) is 26.0 Å². The lowest BCUT2D eigenvalue weighted by Crippen LogP contribution is -2.32. The molecule has 0 aliphatic carbocycles. The van der Waals surface area contributed by atoms with Crippen molar-refractivity contribution in [2.24, 2.45) is 0 Å². The van der Waals surface area contributed by atoms with Gasteiger partial charge < -0.3 is 5.73 Å². The highest BCUT2D eigenvalue weighted by atomic mass is 32.2. The van der Waals surface area contributed by atoms with Gasteiger partial charge in [-0.15, -0.1) is 0 Å². The number of para-hydroxylation sites is 1. The van der Waals surface area contributed by atoms with Crippen molar-refractivity contribution in [3.8, 4) is 0 Å². The number of nitrogen functional groups attached to an aromatic ring is 1. The van der Waals surface area contributed by atoms with E-state index in [4.69, 9.17) is 5.73 Å². The van der Waals surface area contributed by atoms with Crippen molar-refractivity contribution in [2.45, 2.75) is 19.0 Å². The molecule has 0 spiro atoms. The van der Waals surface area contributed by atoms with Gasteiger partial charge in [0.2, 0.25) is 5.91 Å². The normalized spacial score (nSPS) is 10.9. The highest BCUT2D eigenvalue weighted by molar-refractivity contribution is 7.99. The maximum atomic E-state index is 12.6. The average molecular weight is 359 g/mol. The summed E-state index contributed by atoms with van der Waals surface area (Å²) in [5.41, 5.74) is 7.41. The molecule has 2 aromatic heterocycles. The summed E-state index contributed by atoms with van der Waals surface area (Å²) in [7, 11) is 0. The summed E-state index contributed by atoms with van der Waals surface area (Å²) in [5, 5.41) is 1.23. The number of nitrogens with two attached hydrogens (primary N) is 1. The maximum Gasteiger partial charge on any atom is 0.239 e. The Balaban J connectivity index is 1.74. The summed E-state index contributed by atoms with van der Waals surface area (Å²) in [4.78, 5) is 27.3. The molecular weight excluding hydrogens is 342 g/mol. The van der Waals surface area contributed by atoms with Gasteiger partial charge in [0.1, 0.15) is 5.82 Å². The fourth-order valence-electron chi connectivity index (χ4n) is 2.23. The lowest BCUT2D eigenvalue weighted by molar-refractivity contribution is -0.116. The van der Waals surface area contributed by atoms with Gasteiger partial charge in [-0.1, -0.05) is 35.2 Å². The summed E-state index contributed by atoms with van der Waals surface area (Å²) >= 11 is 2.80. The van der Waals surface area contributed by atoms with Gasteiger partial charge in [0.25, 0.3) is 0 Å². The number of anilines is 2. The summed E-state index contributed by atoms with van der Waals surface area (Å²) in [5.74, 6) is 0.633. The topological polar surface area (TPSA) is 85.0 Å². The van der Waals surface area contributed by atoms with Crippen LogP contribution in [0, 0.1) is 6.92 Å². The number of carbonyl (C=O) groups is 1. The van der Waals surface area contributed by atoms with Crippen LogP contribution in [-0.4, -0.2) is 33.2 Å². The molecule has 1 amide bonds. The monoisotopic (exact) mass is 359 g/mol. The van der Waals surface area contributed by atoms with Crippen molar-refractivity contribution < 1.29 is 4.79 Å². The van der Waals surface area contributed by atoms with Gasteiger partial charge in [0.05, 0.1) is 16.0 Å². The molecule has 0 radical (unpaired) electrons. The third-order valence-electron chi connectivity index (χ3n) is 3.31. The number of benzene rings is 1. The molecule has 2 N–H and O–H groups in total. The Hall–Kier alpha value is -2.19. The number of amides is 1. The molecule has 3 aromatic rings. The summed E-state index contributed by atoms with van der Waals surface area (Å²) in [6.45, 7) is 4.36. The van der Waals surface area contributed by atoms with Gasteiger partial charge in [-0.3, -0.25) is 9.69 Å². The van der Waals surface area contributed by atoms with E-state index in [2.05, 4.69) is 15.0 Å². The molecular formula is C16H17N5OS2. The van der Waals surface area contributed by atoms with E-state index in [0.29, 0.717) is 22.7 Å². The van der Waals surface area contributed by atoms with Crippen molar-refractivity contribution in [2.75, 3.05) is 22.9 Å². The lowest BCUT2D eigenvalue weighted by atomic mass is 10.3. The third-order valence-corrected chi connectivity index (χ3v) is 5.20. The number of rotatable bonds is 5. The Labute approximate surface area is 148 Å². The predicted octanol–water partition coefficient (Wildman–Crippen LogP) is 3.12. The highest BCUT2D eigenvalue weighted by Gasteiger charge is 2.18. The predicted molar refractivity (Wildman–Crippen MR) is 99.6 cm³/mol. The molecule has 8 heteroatoms. The van der Waals surface area contributed by atoms with Crippen LogP contribution in [0.1, 0.15) is 12.6 Å². The fourth-order valence-corrected chi connectivity index (χ4v) is 4.06. The standard InChI is InChI=1S/C16H17N5OS2/c1-3-21(16-19-11-6-4-5-7-12(11)24-16)14(22)9-23-15-18-10(2)8-13(17)20-15/h4-8H,3,9H2,1-2H3,(H2,17,18,20). The highest BCUT2D eigenvalue weighted by Crippen LogP contribution is 2.29. The van der Waals surface area contributed by atoms with Crippen LogP contribution in [0.4, 0.5) is 10.9 Å². The Bertz CT molecular complexity index is 827. The van der Waals surface area contributed by atoms with Crippen molar-refractivity contribution in [1.29, 1.82) is 0 Å². The van der Waals surface area contributed by atoms with Crippen LogP contribution >= 0.6 is 23.1 Å². The van der Waals surface area contributed by atoms with Crippen LogP contribution in [0.5, 0.6) is 0 Å².